The molecular formula is C10H17NO4. The number of carbonyl (C=O) groups excluding carboxylic acids is 2. The molecule has 0 aliphatic heterocycles. The molecule has 0 aromatic heterocycles. The van der Waals surface area contributed by atoms with Crippen LogP contribution in [0.3, 0.4) is 0 Å². The molecule has 0 aromatic rings. The van der Waals surface area contributed by atoms with Gasteiger partial charge in [-0.1, -0.05) is 13.8 Å². The molecule has 0 bridgehead atoms. The van der Waals surface area contributed by atoms with E-state index >= 15 is 0 Å². The van der Waals surface area contributed by atoms with Crippen molar-refractivity contribution in [3.05, 3.63) is 0 Å². The predicted molar refractivity (Wildman–Crippen MR) is 54.2 cm³/mol. The third-order valence-corrected chi connectivity index (χ3v) is 1.82. The smallest absolute Gasteiger partial charge is 0.323 e. The van der Waals surface area contributed by atoms with E-state index in [1.54, 1.807) is 13.8 Å². The van der Waals surface area contributed by atoms with Crippen LogP contribution < -0.4 is 0 Å². The zero-order chi connectivity index (χ0) is 11.8. The van der Waals surface area contributed by atoms with E-state index < -0.39 is 24.3 Å². The van der Waals surface area contributed by atoms with Crippen molar-refractivity contribution >= 4 is 17.8 Å². The summed E-state index contributed by atoms with van der Waals surface area (Å²) >= 11 is 0. The number of carboxylic acid groups (broad SMARTS) is 1. The van der Waals surface area contributed by atoms with E-state index in [-0.39, 0.29) is 12.8 Å². The van der Waals surface area contributed by atoms with Gasteiger partial charge in [0.25, 0.3) is 0 Å². The number of hydrogen-bond acceptors (Lipinski definition) is 3. The van der Waals surface area contributed by atoms with Crippen LogP contribution in [0.5, 0.6) is 0 Å². The van der Waals surface area contributed by atoms with Crippen molar-refractivity contribution in [2.24, 2.45) is 0 Å². The molecule has 0 aromatic carbocycles. The van der Waals surface area contributed by atoms with Crippen molar-refractivity contribution in [1.82, 2.24) is 4.90 Å². The lowest BCUT2D eigenvalue weighted by molar-refractivity contribution is -0.152. The summed E-state index contributed by atoms with van der Waals surface area (Å²) in [5.74, 6) is -1.97. The molecule has 0 radical (unpaired) electrons. The highest BCUT2D eigenvalue weighted by Crippen LogP contribution is 2.02. The zero-order valence-electron chi connectivity index (χ0n) is 9.15. The maximum atomic E-state index is 11.4. The summed E-state index contributed by atoms with van der Waals surface area (Å²) in [6, 6.07) is 0. The van der Waals surface area contributed by atoms with Crippen molar-refractivity contribution in [2.75, 3.05) is 6.54 Å². The first-order valence-electron chi connectivity index (χ1n) is 5.07. The number of nitrogens with zero attached hydrogens (tertiary/aromatic N) is 1. The molecule has 0 aliphatic rings. The van der Waals surface area contributed by atoms with E-state index in [0.717, 1.165) is 4.90 Å². The first kappa shape index (κ1) is 13.6. The Labute approximate surface area is 89.1 Å². The van der Waals surface area contributed by atoms with Gasteiger partial charge in [0, 0.05) is 12.8 Å². The lowest BCUT2D eigenvalue weighted by Gasteiger charge is -2.18. The molecule has 0 unspecified atom stereocenters. The lowest BCUT2D eigenvalue weighted by Crippen LogP contribution is -2.40. The minimum Gasteiger partial charge on any atom is -0.480 e. The molecule has 1 N–H and O–H groups in total. The molecule has 15 heavy (non-hydrogen) atoms. The molecule has 0 atom stereocenters. The topological polar surface area (TPSA) is 74.7 Å². The van der Waals surface area contributed by atoms with Crippen molar-refractivity contribution in [2.45, 2.75) is 39.5 Å². The maximum absolute atomic E-state index is 11.4. The van der Waals surface area contributed by atoms with E-state index in [2.05, 4.69) is 0 Å². The molecule has 0 saturated carbocycles. The highest BCUT2D eigenvalue weighted by atomic mass is 16.4. The van der Waals surface area contributed by atoms with Gasteiger partial charge in [0.2, 0.25) is 11.8 Å². The summed E-state index contributed by atoms with van der Waals surface area (Å²) in [6.07, 6.45) is 1.63. The normalized spacial score (nSPS) is 9.73. The molecule has 5 nitrogen and oxygen atoms in total. The van der Waals surface area contributed by atoms with Gasteiger partial charge >= 0.3 is 5.97 Å². The minimum absolute atomic E-state index is 0.211. The van der Waals surface area contributed by atoms with Crippen LogP contribution in [0.4, 0.5) is 0 Å². The van der Waals surface area contributed by atoms with Crippen LogP contribution in [-0.2, 0) is 14.4 Å². The third kappa shape index (κ3) is 5.15. The van der Waals surface area contributed by atoms with Gasteiger partial charge in [0.15, 0.2) is 0 Å². The first-order valence-corrected chi connectivity index (χ1v) is 5.07. The fourth-order valence-electron chi connectivity index (χ4n) is 1.15. The van der Waals surface area contributed by atoms with Crippen LogP contribution in [0.1, 0.15) is 39.5 Å². The van der Waals surface area contributed by atoms with Gasteiger partial charge in [-0.15, -0.1) is 0 Å². The third-order valence-electron chi connectivity index (χ3n) is 1.82. The van der Waals surface area contributed by atoms with Crippen molar-refractivity contribution in [1.29, 1.82) is 0 Å². The summed E-state index contributed by atoms with van der Waals surface area (Å²) in [7, 11) is 0. The number of rotatable bonds is 6. The molecule has 5 heteroatoms. The molecule has 0 fully saturated rings. The van der Waals surface area contributed by atoms with Crippen LogP contribution in [0, 0.1) is 0 Å². The number of carboxylic acids is 1. The zero-order valence-corrected chi connectivity index (χ0v) is 9.15. The molecule has 2 amide bonds. The average molecular weight is 215 g/mol. The molecule has 0 heterocycles. The van der Waals surface area contributed by atoms with E-state index in [1.165, 1.54) is 0 Å². The minimum atomic E-state index is -1.16. The summed E-state index contributed by atoms with van der Waals surface area (Å²) in [6.45, 7) is 3.08. The van der Waals surface area contributed by atoms with Crippen LogP contribution in [0.15, 0.2) is 0 Å². The largest absolute Gasteiger partial charge is 0.480 e. The Morgan fingerprint density at radius 2 is 1.40 bits per heavy atom. The van der Waals surface area contributed by atoms with E-state index in [1.807, 2.05) is 0 Å². The van der Waals surface area contributed by atoms with E-state index in [4.69, 9.17) is 5.11 Å². The summed E-state index contributed by atoms with van der Waals surface area (Å²) < 4.78 is 0. The van der Waals surface area contributed by atoms with E-state index in [9.17, 15) is 14.4 Å². The predicted octanol–water partition coefficient (Wildman–Crippen LogP) is 1.03. The maximum Gasteiger partial charge on any atom is 0.323 e. The number of aliphatic carboxylic acids is 1. The fourth-order valence-corrected chi connectivity index (χ4v) is 1.15. The van der Waals surface area contributed by atoms with Gasteiger partial charge in [0.05, 0.1) is 0 Å². The van der Waals surface area contributed by atoms with Crippen molar-refractivity contribution < 1.29 is 19.5 Å². The van der Waals surface area contributed by atoms with Gasteiger partial charge in [-0.3, -0.25) is 19.3 Å². The molecule has 0 saturated heterocycles. The Hall–Kier alpha value is -1.39. The van der Waals surface area contributed by atoms with Crippen LogP contribution in [0.2, 0.25) is 0 Å². The van der Waals surface area contributed by atoms with Crippen LogP contribution in [0.25, 0.3) is 0 Å². The van der Waals surface area contributed by atoms with Gasteiger partial charge < -0.3 is 5.11 Å². The van der Waals surface area contributed by atoms with Gasteiger partial charge in [-0.05, 0) is 12.8 Å². The Bertz CT molecular complexity index is 232. The standard InChI is InChI=1S/C10H17NO4/c1-3-5-8(12)11(7-10(14)15)9(13)6-4-2/h3-7H2,1-2H3,(H,14,15). The van der Waals surface area contributed by atoms with Gasteiger partial charge in [0.1, 0.15) is 6.54 Å². The fraction of sp³-hybridized carbons (Fsp3) is 0.700. The monoisotopic (exact) mass is 215 g/mol. The highest BCUT2D eigenvalue weighted by molar-refractivity contribution is 5.97. The van der Waals surface area contributed by atoms with Crippen molar-refractivity contribution in [3.8, 4) is 0 Å². The average Bonchev–Trinajstić information content (AvgIpc) is 2.14. The Morgan fingerprint density at radius 3 is 1.67 bits per heavy atom. The van der Waals surface area contributed by atoms with Gasteiger partial charge in [-0.25, -0.2) is 0 Å². The van der Waals surface area contributed by atoms with Crippen LogP contribution >= 0.6 is 0 Å². The molecular weight excluding hydrogens is 198 g/mol. The Kier molecular flexibility index (Phi) is 6.33. The summed E-state index contributed by atoms with van der Waals surface area (Å²) in [4.78, 5) is 34.2. The number of amides is 2. The number of imide groups is 1. The second-order valence-electron chi connectivity index (χ2n) is 3.27. The highest BCUT2D eigenvalue weighted by Gasteiger charge is 2.21. The molecule has 86 valence electrons. The lowest BCUT2D eigenvalue weighted by atomic mass is 10.2. The summed E-state index contributed by atoms with van der Waals surface area (Å²) in [5, 5.41) is 8.57. The quantitative estimate of drug-likeness (QED) is 0.718. The first-order chi connectivity index (χ1) is 7.02. The Morgan fingerprint density at radius 1 is 1.00 bits per heavy atom. The van der Waals surface area contributed by atoms with Crippen molar-refractivity contribution in [3.63, 3.8) is 0 Å². The second kappa shape index (κ2) is 6.98. The number of hydrogen-bond donors (Lipinski definition) is 1. The summed E-state index contributed by atoms with van der Waals surface area (Å²) in [5.41, 5.74) is 0. The van der Waals surface area contributed by atoms with Crippen LogP contribution in [-0.4, -0.2) is 34.3 Å². The van der Waals surface area contributed by atoms with Gasteiger partial charge in [-0.2, -0.15) is 0 Å². The molecule has 0 rings (SSSR count). The number of carbonyl (C=O) groups is 3. The Balaban J connectivity index is 4.49. The molecule has 0 aliphatic carbocycles. The molecule has 0 spiro atoms. The van der Waals surface area contributed by atoms with E-state index in [0.29, 0.717) is 12.8 Å². The second-order valence-corrected chi connectivity index (χ2v) is 3.27. The SMILES string of the molecule is CCCC(=O)N(CC(=O)O)C(=O)CCC.